The van der Waals surface area contributed by atoms with E-state index in [2.05, 4.69) is 16.0 Å². The van der Waals surface area contributed by atoms with Gasteiger partial charge in [0.1, 0.15) is 0 Å². The standard InChI is InChI=1S/C10H15N3OS/c1-7-2-3-9(15-7)13-10(14)12-8-4-5-11-6-8/h2-3,8,11H,4-6H2,1H3,(H2,12,13,14). The first-order valence-electron chi connectivity index (χ1n) is 5.09. The topological polar surface area (TPSA) is 53.2 Å². The lowest BCUT2D eigenvalue weighted by molar-refractivity contribution is 0.249. The molecular weight excluding hydrogens is 210 g/mol. The van der Waals surface area contributed by atoms with Crippen molar-refractivity contribution in [1.29, 1.82) is 0 Å². The first-order chi connectivity index (χ1) is 7.24. The number of nitrogens with one attached hydrogen (secondary N) is 3. The molecule has 82 valence electrons. The second kappa shape index (κ2) is 4.63. The molecule has 3 N–H and O–H groups in total. The van der Waals surface area contributed by atoms with Crippen molar-refractivity contribution in [1.82, 2.24) is 10.6 Å². The number of rotatable bonds is 2. The highest BCUT2D eigenvalue weighted by Crippen LogP contribution is 2.20. The Morgan fingerprint density at radius 2 is 2.47 bits per heavy atom. The summed E-state index contributed by atoms with van der Waals surface area (Å²) in [6.45, 7) is 3.88. The molecule has 2 amide bonds. The van der Waals surface area contributed by atoms with Crippen LogP contribution in [0.5, 0.6) is 0 Å². The molecule has 0 spiro atoms. The van der Waals surface area contributed by atoms with E-state index >= 15 is 0 Å². The van der Waals surface area contributed by atoms with E-state index in [1.54, 1.807) is 11.3 Å². The molecule has 4 nitrogen and oxygen atoms in total. The number of urea groups is 1. The summed E-state index contributed by atoms with van der Waals surface area (Å²) in [5, 5.41) is 9.87. The van der Waals surface area contributed by atoms with Crippen molar-refractivity contribution in [2.24, 2.45) is 0 Å². The van der Waals surface area contributed by atoms with E-state index in [9.17, 15) is 4.79 Å². The molecule has 1 aromatic heterocycles. The number of hydrogen-bond acceptors (Lipinski definition) is 3. The Balaban J connectivity index is 1.81. The molecule has 1 aliphatic rings. The van der Waals surface area contributed by atoms with E-state index in [-0.39, 0.29) is 12.1 Å². The number of thiophene rings is 1. The molecule has 2 rings (SSSR count). The molecule has 1 aliphatic heterocycles. The molecule has 15 heavy (non-hydrogen) atoms. The third-order valence-corrected chi connectivity index (χ3v) is 3.29. The van der Waals surface area contributed by atoms with Gasteiger partial charge in [-0.15, -0.1) is 11.3 Å². The van der Waals surface area contributed by atoms with Crippen molar-refractivity contribution >= 4 is 22.4 Å². The SMILES string of the molecule is Cc1ccc(NC(=O)NC2CCNC2)s1. The monoisotopic (exact) mass is 225 g/mol. The van der Waals surface area contributed by atoms with E-state index in [0.29, 0.717) is 0 Å². The summed E-state index contributed by atoms with van der Waals surface area (Å²) in [4.78, 5) is 12.7. The van der Waals surface area contributed by atoms with Gasteiger partial charge < -0.3 is 10.6 Å². The van der Waals surface area contributed by atoms with Crippen molar-refractivity contribution in [3.05, 3.63) is 17.0 Å². The Labute approximate surface area is 93.1 Å². The van der Waals surface area contributed by atoms with Crippen LogP contribution in [0.3, 0.4) is 0 Å². The van der Waals surface area contributed by atoms with Gasteiger partial charge in [0, 0.05) is 17.5 Å². The van der Waals surface area contributed by atoms with Crippen molar-refractivity contribution in [2.75, 3.05) is 18.4 Å². The highest BCUT2D eigenvalue weighted by Gasteiger charge is 2.16. The number of hydrogen-bond donors (Lipinski definition) is 3. The van der Waals surface area contributed by atoms with Crippen molar-refractivity contribution in [3.63, 3.8) is 0 Å². The van der Waals surface area contributed by atoms with Crippen LogP contribution in [0.15, 0.2) is 12.1 Å². The normalized spacial score (nSPS) is 20.2. The van der Waals surface area contributed by atoms with Crippen molar-refractivity contribution in [3.8, 4) is 0 Å². The fourth-order valence-corrected chi connectivity index (χ4v) is 2.38. The van der Waals surface area contributed by atoms with Crippen molar-refractivity contribution < 1.29 is 4.79 Å². The fourth-order valence-electron chi connectivity index (χ4n) is 1.61. The molecular formula is C10H15N3OS. The van der Waals surface area contributed by atoms with Crippen LogP contribution in [0.25, 0.3) is 0 Å². The van der Waals surface area contributed by atoms with Gasteiger partial charge in [-0.2, -0.15) is 0 Å². The van der Waals surface area contributed by atoms with Crippen molar-refractivity contribution in [2.45, 2.75) is 19.4 Å². The summed E-state index contributed by atoms with van der Waals surface area (Å²) in [5.41, 5.74) is 0. The molecule has 2 heterocycles. The number of carbonyl (C=O) groups excluding carboxylic acids is 1. The van der Waals surface area contributed by atoms with Gasteiger partial charge in [0.15, 0.2) is 0 Å². The summed E-state index contributed by atoms with van der Waals surface area (Å²) in [6.07, 6.45) is 1.01. The lowest BCUT2D eigenvalue weighted by Crippen LogP contribution is -2.38. The highest BCUT2D eigenvalue weighted by atomic mass is 32.1. The van der Waals surface area contributed by atoms with Crippen LogP contribution >= 0.6 is 11.3 Å². The Morgan fingerprint density at radius 3 is 3.07 bits per heavy atom. The highest BCUT2D eigenvalue weighted by molar-refractivity contribution is 7.16. The zero-order valence-corrected chi connectivity index (χ0v) is 9.49. The van der Waals surface area contributed by atoms with E-state index in [1.165, 1.54) is 4.88 Å². The molecule has 0 radical (unpaired) electrons. The van der Waals surface area contributed by atoms with Gasteiger partial charge in [-0.05, 0) is 32.0 Å². The zero-order valence-electron chi connectivity index (χ0n) is 8.67. The average Bonchev–Trinajstić information content (AvgIpc) is 2.77. The smallest absolute Gasteiger partial charge is 0.320 e. The van der Waals surface area contributed by atoms with Gasteiger partial charge in [-0.25, -0.2) is 4.79 Å². The number of aryl methyl sites for hydroxylation is 1. The minimum atomic E-state index is -0.106. The van der Waals surface area contributed by atoms with E-state index in [1.807, 2.05) is 19.1 Å². The van der Waals surface area contributed by atoms with Gasteiger partial charge in [0.2, 0.25) is 0 Å². The third kappa shape index (κ3) is 2.94. The van der Waals surface area contributed by atoms with Crippen LogP contribution < -0.4 is 16.0 Å². The van der Waals surface area contributed by atoms with Gasteiger partial charge >= 0.3 is 6.03 Å². The lowest BCUT2D eigenvalue weighted by atomic mass is 10.3. The molecule has 5 heteroatoms. The fraction of sp³-hybridized carbons (Fsp3) is 0.500. The van der Waals surface area contributed by atoms with E-state index in [4.69, 9.17) is 0 Å². The molecule has 1 fully saturated rings. The summed E-state index contributed by atoms with van der Waals surface area (Å²) < 4.78 is 0. The predicted octanol–water partition coefficient (Wildman–Crippen LogP) is 1.54. The first kappa shape index (κ1) is 10.4. The number of amides is 2. The third-order valence-electron chi connectivity index (χ3n) is 2.37. The number of anilines is 1. The lowest BCUT2D eigenvalue weighted by Gasteiger charge is -2.11. The quantitative estimate of drug-likeness (QED) is 0.715. The van der Waals surface area contributed by atoms with E-state index < -0.39 is 0 Å². The summed E-state index contributed by atoms with van der Waals surface area (Å²) in [7, 11) is 0. The predicted molar refractivity (Wildman–Crippen MR) is 62.5 cm³/mol. The Bertz CT molecular complexity index is 344. The molecule has 1 atom stereocenters. The maximum atomic E-state index is 11.5. The Morgan fingerprint density at radius 1 is 1.60 bits per heavy atom. The minimum Gasteiger partial charge on any atom is -0.334 e. The Kier molecular flexibility index (Phi) is 3.23. The largest absolute Gasteiger partial charge is 0.334 e. The molecule has 0 saturated carbocycles. The molecule has 1 aromatic rings. The van der Waals surface area contributed by atoms with Crippen LogP contribution in [0.1, 0.15) is 11.3 Å². The van der Waals surface area contributed by atoms with Crippen LogP contribution in [-0.2, 0) is 0 Å². The molecule has 0 aromatic carbocycles. The molecule has 1 saturated heterocycles. The first-order valence-corrected chi connectivity index (χ1v) is 5.90. The molecule has 0 aliphatic carbocycles. The van der Waals surface area contributed by atoms with Gasteiger partial charge in [-0.3, -0.25) is 5.32 Å². The maximum Gasteiger partial charge on any atom is 0.320 e. The molecule has 0 bridgehead atoms. The second-order valence-corrected chi connectivity index (χ2v) is 4.99. The number of carbonyl (C=O) groups is 1. The summed E-state index contributed by atoms with van der Waals surface area (Å²) >= 11 is 1.59. The summed E-state index contributed by atoms with van der Waals surface area (Å²) in [6, 6.07) is 4.08. The van der Waals surface area contributed by atoms with Crippen LogP contribution in [0, 0.1) is 6.92 Å². The Hall–Kier alpha value is -1.07. The summed E-state index contributed by atoms with van der Waals surface area (Å²) in [5.74, 6) is 0. The van der Waals surface area contributed by atoms with Crippen LogP contribution in [0.2, 0.25) is 0 Å². The van der Waals surface area contributed by atoms with Crippen LogP contribution in [0.4, 0.5) is 9.80 Å². The average molecular weight is 225 g/mol. The maximum absolute atomic E-state index is 11.5. The van der Waals surface area contributed by atoms with Gasteiger partial charge in [0.05, 0.1) is 5.00 Å². The zero-order chi connectivity index (χ0) is 10.7. The van der Waals surface area contributed by atoms with Gasteiger partial charge in [-0.1, -0.05) is 0 Å². The second-order valence-electron chi connectivity index (χ2n) is 3.70. The van der Waals surface area contributed by atoms with E-state index in [0.717, 1.165) is 24.5 Å². The molecule has 1 unspecified atom stereocenters. The minimum absolute atomic E-state index is 0.106. The van der Waals surface area contributed by atoms with Gasteiger partial charge in [0.25, 0.3) is 0 Å². The van der Waals surface area contributed by atoms with Crippen LogP contribution in [-0.4, -0.2) is 25.2 Å².